The van der Waals surface area contributed by atoms with Crippen LogP contribution in [0.4, 0.5) is 5.69 Å². The van der Waals surface area contributed by atoms with Gasteiger partial charge in [-0.2, -0.15) is 0 Å². The lowest BCUT2D eigenvalue weighted by Gasteiger charge is -2.06. The summed E-state index contributed by atoms with van der Waals surface area (Å²) < 4.78 is 10.0. The zero-order chi connectivity index (χ0) is 13.5. The summed E-state index contributed by atoms with van der Waals surface area (Å²) in [5.74, 6) is -1.16. The van der Waals surface area contributed by atoms with E-state index in [9.17, 15) is 14.9 Å². The molecular formula is C11H13NO6. The first-order valence-corrected chi connectivity index (χ1v) is 5.19. The maximum atomic E-state index is 10.8. The summed E-state index contributed by atoms with van der Waals surface area (Å²) in [5.41, 5.74) is -0.502. The van der Waals surface area contributed by atoms with E-state index in [1.807, 2.05) is 0 Å². The van der Waals surface area contributed by atoms with Crippen LogP contribution in [0.1, 0.15) is 16.8 Å². The van der Waals surface area contributed by atoms with Gasteiger partial charge in [-0.05, 0) is 12.1 Å². The molecule has 98 valence electrons. The molecule has 7 nitrogen and oxygen atoms in total. The average molecular weight is 255 g/mol. The highest BCUT2D eigenvalue weighted by molar-refractivity contribution is 5.88. The average Bonchev–Trinajstić information content (AvgIpc) is 2.34. The van der Waals surface area contributed by atoms with Crippen molar-refractivity contribution >= 4 is 11.7 Å². The summed E-state index contributed by atoms with van der Waals surface area (Å²) in [4.78, 5) is 20.8. The molecule has 0 aliphatic heterocycles. The summed E-state index contributed by atoms with van der Waals surface area (Å²) in [6.45, 7) is 0.752. The number of rotatable bonds is 7. The number of aromatic carboxylic acids is 1. The standard InChI is InChI=1S/C11H13NO6/c1-17-5-2-6-18-10-4-3-8(11(13)14)7-9(10)12(15)16/h3-4,7H,2,5-6H2,1H3,(H,13,14). The molecule has 0 saturated carbocycles. The van der Waals surface area contributed by atoms with Gasteiger partial charge in [0.2, 0.25) is 0 Å². The number of benzene rings is 1. The second-order valence-electron chi connectivity index (χ2n) is 3.44. The number of hydrogen-bond donors (Lipinski definition) is 1. The fraction of sp³-hybridized carbons (Fsp3) is 0.364. The van der Waals surface area contributed by atoms with Crippen molar-refractivity contribution in [2.75, 3.05) is 20.3 Å². The first-order valence-electron chi connectivity index (χ1n) is 5.19. The highest BCUT2D eigenvalue weighted by Gasteiger charge is 2.18. The molecule has 0 radical (unpaired) electrons. The van der Waals surface area contributed by atoms with Gasteiger partial charge in [0.25, 0.3) is 0 Å². The Hall–Kier alpha value is -2.15. The summed E-state index contributed by atoms with van der Waals surface area (Å²) in [7, 11) is 1.55. The molecule has 0 spiro atoms. The number of hydrogen-bond acceptors (Lipinski definition) is 5. The SMILES string of the molecule is COCCCOc1ccc(C(=O)O)cc1[N+](=O)[O-]. The van der Waals surface area contributed by atoms with Gasteiger partial charge < -0.3 is 14.6 Å². The van der Waals surface area contributed by atoms with Gasteiger partial charge >= 0.3 is 11.7 Å². The molecule has 0 saturated heterocycles. The van der Waals surface area contributed by atoms with E-state index in [0.717, 1.165) is 6.07 Å². The molecule has 1 rings (SSSR count). The van der Waals surface area contributed by atoms with Crippen LogP contribution < -0.4 is 4.74 Å². The number of carboxylic acids is 1. The lowest BCUT2D eigenvalue weighted by atomic mass is 10.2. The highest BCUT2D eigenvalue weighted by atomic mass is 16.6. The summed E-state index contributed by atoms with van der Waals surface area (Å²) in [6, 6.07) is 3.53. The monoisotopic (exact) mass is 255 g/mol. The lowest BCUT2D eigenvalue weighted by molar-refractivity contribution is -0.385. The van der Waals surface area contributed by atoms with Gasteiger partial charge in [0.15, 0.2) is 5.75 Å². The van der Waals surface area contributed by atoms with Crippen LogP contribution in [0, 0.1) is 10.1 Å². The normalized spacial score (nSPS) is 10.1. The van der Waals surface area contributed by atoms with Crippen LogP contribution in [0.25, 0.3) is 0 Å². The van der Waals surface area contributed by atoms with Crippen molar-refractivity contribution in [1.29, 1.82) is 0 Å². The molecule has 0 heterocycles. The van der Waals surface area contributed by atoms with Crippen LogP contribution in [-0.2, 0) is 4.74 Å². The van der Waals surface area contributed by atoms with Crippen molar-refractivity contribution in [3.8, 4) is 5.75 Å². The Morgan fingerprint density at radius 1 is 1.44 bits per heavy atom. The van der Waals surface area contributed by atoms with Gasteiger partial charge in [-0.1, -0.05) is 0 Å². The van der Waals surface area contributed by atoms with E-state index in [-0.39, 0.29) is 23.6 Å². The van der Waals surface area contributed by atoms with Crippen molar-refractivity contribution in [2.45, 2.75) is 6.42 Å². The Kier molecular flexibility index (Phi) is 5.06. The topological polar surface area (TPSA) is 98.9 Å². The molecule has 0 aromatic heterocycles. The van der Waals surface area contributed by atoms with Crippen LogP contribution in [0.5, 0.6) is 5.75 Å². The summed E-state index contributed by atoms with van der Waals surface area (Å²) in [5, 5.41) is 19.5. The van der Waals surface area contributed by atoms with Gasteiger partial charge in [-0.3, -0.25) is 10.1 Å². The van der Waals surface area contributed by atoms with E-state index in [1.54, 1.807) is 7.11 Å². The highest BCUT2D eigenvalue weighted by Crippen LogP contribution is 2.28. The maximum absolute atomic E-state index is 10.8. The molecule has 0 aliphatic rings. The number of carbonyl (C=O) groups is 1. The molecule has 1 N–H and O–H groups in total. The van der Waals surface area contributed by atoms with E-state index in [4.69, 9.17) is 14.6 Å². The minimum absolute atomic E-state index is 0.0566. The Balaban J connectivity index is 2.83. The molecule has 0 unspecified atom stereocenters. The fourth-order valence-electron chi connectivity index (χ4n) is 1.30. The second-order valence-corrected chi connectivity index (χ2v) is 3.44. The zero-order valence-corrected chi connectivity index (χ0v) is 9.79. The van der Waals surface area contributed by atoms with E-state index >= 15 is 0 Å². The molecule has 18 heavy (non-hydrogen) atoms. The summed E-state index contributed by atoms with van der Waals surface area (Å²) in [6.07, 6.45) is 0.592. The van der Waals surface area contributed by atoms with Gasteiger partial charge in [-0.25, -0.2) is 4.79 Å². The third-order valence-electron chi connectivity index (χ3n) is 2.15. The number of nitro groups is 1. The van der Waals surface area contributed by atoms with Crippen LogP contribution in [0.2, 0.25) is 0 Å². The van der Waals surface area contributed by atoms with Crippen molar-refractivity contribution in [3.05, 3.63) is 33.9 Å². The third-order valence-corrected chi connectivity index (χ3v) is 2.15. The predicted octanol–water partition coefficient (Wildman–Crippen LogP) is 1.71. The predicted molar refractivity (Wildman–Crippen MR) is 62.0 cm³/mol. The quantitative estimate of drug-likeness (QED) is 0.452. The number of ether oxygens (including phenoxy) is 2. The maximum Gasteiger partial charge on any atom is 0.335 e. The Bertz CT molecular complexity index is 445. The van der Waals surface area contributed by atoms with Crippen molar-refractivity contribution in [2.24, 2.45) is 0 Å². The minimum Gasteiger partial charge on any atom is -0.487 e. The molecule has 0 fully saturated rings. The number of nitro benzene ring substituents is 1. The molecule has 0 aliphatic carbocycles. The largest absolute Gasteiger partial charge is 0.487 e. The first-order chi connectivity index (χ1) is 8.56. The van der Waals surface area contributed by atoms with E-state index in [1.165, 1.54) is 12.1 Å². The van der Waals surface area contributed by atoms with E-state index in [0.29, 0.717) is 13.0 Å². The smallest absolute Gasteiger partial charge is 0.335 e. The Labute approximate surface area is 103 Å². The Morgan fingerprint density at radius 3 is 2.72 bits per heavy atom. The van der Waals surface area contributed by atoms with Crippen LogP contribution in [-0.4, -0.2) is 36.3 Å². The van der Waals surface area contributed by atoms with Crippen molar-refractivity contribution in [1.82, 2.24) is 0 Å². The number of carboxylic acid groups (broad SMARTS) is 1. The third kappa shape index (κ3) is 3.70. The van der Waals surface area contributed by atoms with Crippen molar-refractivity contribution < 1.29 is 24.3 Å². The van der Waals surface area contributed by atoms with Gasteiger partial charge in [0.1, 0.15) is 0 Å². The van der Waals surface area contributed by atoms with Gasteiger partial charge in [0, 0.05) is 26.2 Å². The second kappa shape index (κ2) is 6.55. The van der Waals surface area contributed by atoms with Gasteiger partial charge in [-0.15, -0.1) is 0 Å². The molecule has 0 bridgehead atoms. The summed E-state index contributed by atoms with van der Waals surface area (Å²) >= 11 is 0. The Morgan fingerprint density at radius 2 is 2.17 bits per heavy atom. The molecule has 0 atom stereocenters. The van der Waals surface area contributed by atoms with Crippen LogP contribution >= 0.6 is 0 Å². The minimum atomic E-state index is -1.22. The number of nitrogens with zero attached hydrogens (tertiary/aromatic N) is 1. The van der Waals surface area contributed by atoms with Gasteiger partial charge in [0.05, 0.1) is 17.1 Å². The number of methoxy groups -OCH3 is 1. The van der Waals surface area contributed by atoms with Crippen LogP contribution in [0.3, 0.4) is 0 Å². The molecule has 7 heteroatoms. The lowest BCUT2D eigenvalue weighted by Crippen LogP contribution is -2.05. The molecule has 1 aromatic rings. The van der Waals surface area contributed by atoms with Crippen LogP contribution in [0.15, 0.2) is 18.2 Å². The van der Waals surface area contributed by atoms with Crippen molar-refractivity contribution in [3.63, 3.8) is 0 Å². The molecule has 0 amide bonds. The van der Waals surface area contributed by atoms with E-state index < -0.39 is 10.9 Å². The first kappa shape index (κ1) is 13.9. The molecule has 1 aromatic carbocycles. The molecular weight excluding hydrogens is 242 g/mol. The fourth-order valence-corrected chi connectivity index (χ4v) is 1.30. The van der Waals surface area contributed by atoms with E-state index in [2.05, 4.69) is 0 Å². The zero-order valence-electron chi connectivity index (χ0n) is 9.79.